The summed E-state index contributed by atoms with van der Waals surface area (Å²) < 4.78 is 0. The maximum Gasteiger partial charge on any atom is 0.122 e. The van der Waals surface area contributed by atoms with E-state index < -0.39 is 0 Å². The quantitative estimate of drug-likeness (QED) is 0.442. The standard InChI is InChI=1S/C28H38O4/c1-17-7-6-10-28(4,5)25(17)24(22-15-20(8-11-29)13-18(2)26(22)31)23-16-21(9-12-30)14-19(3)27(23)32/h7,13-16,24-25,29-32H,6,8-12H2,1-5H3. The van der Waals surface area contributed by atoms with Gasteiger partial charge in [0.15, 0.2) is 0 Å². The summed E-state index contributed by atoms with van der Waals surface area (Å²) in [7, 11) is 0. The second kappa shape index (κ2) is 9.68. The van der Waals surface area contributed by atoms with Crippen molar-refractivity contribution in [3.05, 3.63) is 69.3 Å². The number of aliphatic hydroxyl groups excluding tert-OH is 2. The fraction of sp³-hybridized carbons (Fsp3) is 0.500. The lowest BCUT2D eigenvalue weighted by atomic mass is 9.60. The summed E-state index contributed by atoms with van der Waals surface area (Å²) in [4.78, 5) is 0. The number of benzene rings is 2. The highest BCUT2D eigenvalue weighted by atomic mass is 16.3. The maximum atomic E-state index is 11.2. The third kappa shape index (κ3) is 4.72. The Morgan fingerprint density at radius 1 is 0.844 bits per heavy atom. The lowest BCUT2D eigenvalue weighted by molar-refractivity contribution is 0.193. The highest BCUT2D eigenvalue weighted by Crippen LogP contribution is 2.54. The first kappa shape index (κ1) is 24.3. The van der Waals surface area contributed by atoms with E-state index in [1.165, 1.54) is 5.57 Å². The molecule has 0 bridgehead atoms. The van der Waals surface area contributed by atoms with Gasteiger partial charge in [-0.05, 0) is 80.0 Å². The average Bonchev–Trinajstić information content (AvgIpc) is 2.71. The molecule has 0 spiro atoms. The Morgan fingerprint density at radius 2 is 1.31 bits per heavy atom. The van der Waals surface area contributed by atoms with E-state index in [0.29, 0.717) is 12.8 Å². The van der Waals surface area contributed by atoms with Gasteiger partial charge in [-0.25, -0.2) is 0 Å². The van der Waals surface area contributed by atoms with Crippen molar-refractivity contribution < 1.29 is 20.4 Å². The molecular formula is C28H38O4. The Morgan fingerprint density at radius 3 is 1.72 bits per heavy atom. The zero-order valence-corrected chi connectivity index (χ0v) is 20.1. The lowest BCUT2D eigenvalue weighted by Crippen LogP contribution is -2.33. The molecule has 1 atom stereocenters. The van der Waals surface area contributed by atoms with E-state index in [9.17, 15) is 20.4 Å². The van der Waals surface area contributed by atoms with Crippen LogP contribution in [0, 0.1) is 25.2 Å². The summed E-state index contributed by atoms with van der Waals surface area (Å²) in [6.45, 7) is 10.5. The normalized spacial score (nSPS) is 18.1. The minimum atomic E-state index is -0.253. The molecule has 0 amide bonds. The molecule has 0 saturated carbocycles. The predicted molar refractivity (Wildman–Crippen MR) is 129 cm³/mol. The van der Waals surface area contributed by atoms with Gasteiger partial charge in [-0.1, -0.05) is 49.8 Å². The van der Waals surface area contributed by atoms with Gasteiger partial charge in [-0.15, -0.1) is 0 Å². The minimum Gasteiger partial charge on any atom is -0.507 e. The van der Waals surface area contributed by atoms with E-state index in [2.05, 4.69) is 26.8 Å². The number of aliphatic hydroxyl groups is 2. The van der Waals surface area contributed by atoms with Crippen molar-refractivity contribution in [2.24, 2.45) is 11.3 Å². The minimum absolute atomic E-state index is 0.0375. The first-order valence-corrected chi connectivity index (χ1v) is 11.6. The molecule has 1 unspecified atom stereocenters. The van der Waals surface area contributed by atoms with Crippen LogP contribution in [0.25, 0.3) is 0 Å². The molecule has 0 radical (unpaired) electrons. The van der Waals surface area contributed by atoms with Crippen LogP contribution in [-0.4, -0.2) is 33.6 Å². The van der Waals surface area contributed by atoms with Crippen LogP contribution in [0.4, 0.5) is 0 Å². The number of hydrogen-bond donors (Lipinski definition) is 4. The van der Waals surface area contributed by atoms with Gasteiger partial charge in [0.25, 0.3) is 0 Å². The number of aromatic hydroxyl groups is 2. The third-order valence-electron chi connectivity index (χ3n) is 7.17. The van der Waals surface area contributed by atoms with Gasteiger partial charge in [0.1, 0.15) is 11.5 Å². The number of allylic oxidation sites excluding steroid dienone is 2. The maximum absolute atomic E-state index is 11.2. The summed E-state index contributed by atoms with van der Waals surface area (Å²) in [5.41, 5.74) is 6.29. The van der Waals surface area contributed by atoms with Crippen LogP contribution in [0.2, 0.25) is 0 Å². The van der Waals surface area contributed by atoms with E-state index in [4.69, 9.17) is 0 Å². The molecular weight excluding hydrogens is 400 g/mol. The summed E-state index contributed by atoms with van der Waals surface area (Å²) in [5, 5.41) is 41.6. The van der Waals surface area contributed by atoms with Gasteiger partial charge in [-0.3, -0.25) is 0 Å². The van der Waals surface area contributed by atoms with Crippen LogP contribution in [-0.2, 0) is 12.8 Å². The Balaban J connectivity index is 2.35. The van der Waals surface area contributed by atoms with Crippen molar-refractivity contribution in [3.8, 4) is 11.5 Å². The Kier molecular flexibility index (Phi) is 7.36. The van der Waals surface area contributed by atoms with E-state index in [1.807, 2.05) is 38.1 Å². The summed E-state index contributed by atoms with van der Waals surface area (Å²) in [6.07, 6.45) is 5.36. The van der Waals surface area contributed by atoms with E-state index >= 15 is 0 Å². The van der Waals surface area contributed by atoms with E-state index in [1.54, 1.807) is 0 Å². The number of phenols is 2. The Labute approximate surface area is 192 Å². The van der Waals surface area contributed by atoms with Crippen LogP contribution >= 0.6 is 0 Å². The van der Waals surface area contributed by atoms with Crippen LogP contribution in [0.1, 0.15) is 72.9 Å². The topological polar surface area (TPSA) is 80.9 Å². The van der Waals surface area contributed by atoms with Crippen molar-refractivity contribution in [3.63, 3.8) is 0 Å². The molecule has 174 valence electrons. The Bertz CT molecular complexity index is 941. The summed E-state index contributed by atoms with van der Waals surface area (Å²) in [6, 6.07) is 7.84. The molecule has 0 fully saturated rings. The van der Waals surface area contributed by atoms with E-state index in [0.717, 1.165) is 46.2 Å². The second-order valence-corrected chi connectivity index (χ2v) is 10.1. The van der Waals surface area contributed by atoms with Gasteiger partial charge < -0.3 is 20.4 Å². The number of aryl methyl sites for hydroxylation is 2. The molecule has 2 aromatic rings. The zero-order valence-electron chi connectivity index (χ0n) is 20.1. The molecule has 0 saturated heterocycles. The molecule has 0 heterocycles. The van der Waals surface area contributed by atoms with Gasteiger partial charge in [0.05, 0.1) is 0 Å². The first-order valence-electron chi connectivity index (χ1n) is 11.6. The fourth-order valence-electron chi connectivity index (χ4n) is 5.60. The lowest BCUT2D eigenvalue weighted by Gasteiger charge is -2.44. The largest absolute Gasteiger partial charge is 0.507 e. The molecule has 1 aliphatic rings. The Hall–Kier alpha value is -2.30. The number of hydrogen-bond acceptors (Lipinski definition) is 4. The summed E-state index contributed by atoms with van der Waals surface area (Å²) >= 11 is 0. The van der Waals surface area contributed by atoms with Crippen LogP contribution in [0.5, 0.6) is 11.5 Å². The van der Waals surface area contributed by atoms with Crippen LogP contribution in [0.15, 0.2) is 35.9 Å². The van der Waals surface area contributed by atoms with Gasteiger partial charge in [0, 0.05) is 30.3 Å². The molecule has 0 aliphatic heterocycles. The molecule has 4 nitrogen and oxygen atoms in total. The predicted octanol–water partition coefficient (Wildman–Crippen LogP) is 5.30. The zero-order chi connectivity index (χ0) is 23.6. The average molecular weight is 439 g/mol. The van der Waals surface area contributed by atoms with Gasteiger partial charge in [0.2, 0.25) is 0 Å². The van der Waals surface area contributed by atoms with Crippen molar-refractivity contribution in [2.75, 3.05) is 13.2 Å². The molecule has 2 aromatic carbocycles. The van der Waals surface area contributed by atoms with Crippen molar-refractivity contribution in [1.29, 1.82) is 0 Å². The molecule has 4 heteroatoms. The van der Waals surface area contributed by atoms with Crippen molar-refractivity contribution in [2.45, 2.75) is 66.2 Å². The molecule has 1 aliphatic carbocycles. The summed E-state index contributed by atoms with van der Waals surface area (Å²) in [5.74, 6) is 0.322. The number of rotatable bonds is 7. The number of phenolic OH excluding ortho intramolecular Hbond substituents is 2. The highest BCUT2D eigenvalue weighted by Gasteiger charge is 2.42. The van der Waals surface area contributed by atoms with Crippen LogP contribution < -0.4 is 0 Å². The van der Waals surface area contributed by atoms with Crippen molar-refractivity contribution >= 4 is 0 Å². The smallest absolute Gasteiger partial charge is 0.122 e. The first-order chi connectivity index (χ1) is 15.1. The van der Waals surface area contributed by atoms with Gasteiger partial charge in [-0.2, -0.15) is 0 Å². The molecule has 3 rings (SSSR count). The van der Waals surface area contributed by atoms with Crippen LogP contribution in [0.3, 0.4) is 0 Å². The monoisotopic (exact) mass is 438 g/mol. The van der Waals surface area contributed by atoms with Gasteiger partial charge >= 0.3 is 0 Å². The third-order valence-corrected chi connectivity index (χ3v) is 7.17. The highest BCUT2D eigenvalue weighted by molar-refractivity contribution is 5.55. The second-order valence-electron chi connectivity index (χ2n) is 10.1. The fourth-order valence-corrected chi connectivity index (χ4v) is 5.60. The molecule has 0 aromatic heterocycles. The van der Waals surface area contributed by atoms with E-state index in [-0.39, 0.29) is 42.0 Å². The van der Waals surface area contributed by atoms with Crippen molar-refractivity contribution in [1.82, 2.24) is 0 Å². The molecule has 4 N–H and O–H groups in total. The molecule has 32 heavy (non-hydrogen) atoms. The SMILES string of the molecule is CC1=CCCC(C)(C)C1C(c1cc(CCO)cc(C)c1O)c1cc(CCO)cc(C)c1O.